The van der Waals surface area contributed by atoms with E-state index in [1.165, 1.54) is 36.7 Å². The number of hydrogen-bond acceptors (Lipinski definition) is 3. The van der Waals surface area contributed by atoms with Crippen LogP contribution in [0.25, 0.3) is 11.1 Å². The molecule has 1 heterocycles. The van der Waals surface area contributed by atoms with E-state index in [9.17, 15) is 14.5 Å². The third-order valence-electron chi connectivity index (χ3n) is 2.48. The molecule has 2 aromatic rings. The van der Waals surface area contributed by atoms with E-state index in [4.69, 9.17) is 0 Å². The Balaban J connectivity index is 0.000000861. The van der Waals surface area contributed by atoms with Gasteiger partial charge in [0.1, 0.15) is 5.82 Å². The summed E-state index contributed by atoms with van der Waals surface area (Å²) in [5, 5.41) is 10.6. The summed E-state index contributed by atoms with van der Waals surface area (Å²) in [7, 11) is 0. The van der Waals surface area contributed by atoms with Gasteiger partial charge in [0.2, 0.25) is 0 Å². The fourth-order valence-electron chi connectivity index (χ4n) is 1.64. The first-order valence-electron chi connectivity index (χ1n) is 5.94. The predicted octanol–water partition coefficient (Wildman–Crippen LogP) is 4.13. The van der Waals surface area contributed by atoms with Crippen molar-refractivity contribution in [1.29, 1.82) is 0 Å². The van der Waals surface area contributed by atoms with Crippen molar-refractivity contribution in [2.75, 3.05) is 0 Å². The van der Waals surface area contributed by atoms with Gasteiger partial charge >= 0.3 is 0 Å². The van der Waals surface area contributed by atoms with Crippen molar-refractivity contribution in [3.05, 3.63) is 58.2 Å². The molecule has 2 rings (SSSR count). The summed E-state index contributed by atoms with van der Waals surface area (Å²) < 4.78 is 13.5. The Hall–Kier alpha value is -2.30. The molecule has 0 bridgehead atoms. The first kappa shape index (κ1) is 14.8. The van der Waals surface area contributed by atoms with Crippen molar-refractivity contribution in [3.63, 3.8) is 0 Å². The molecule has 0 spiro atoms. The number of rotatable bonds is 2. The smallest absolute Gasteiger partial charge is 0.264 e. The summed E-state index contributed by atoms with van der Waals surface area (Å²) in [6, 6.07) is 5.57. The first-order valence-corrected chi connectivity index (χ1v) is 5.94. The number of pyridine rings is 1. The maximum absolute atomic E-state index is 13.5. The lowest BCUT2D eigenvalue weighted by molar-refractivity contribution is -0.384. The molecule has 4 nitrogen and oxygen atoms in total. The van der Waals surface area contributed by atoms with Crippen molar-refractivity contribution in [3.8, 4) is 11.1 Å². The van der Waals surface area contributed by atoms with Gasteiger partial charge in [-0.2, -0.15) is 0 Å². The van der Waals surface area contributed by atoms with Gasteiger partial charge in [0, 0.05) is 30.1 Å². The lowest BCUT2D eigenvalue weighted by atomic mass is 10.0. The number of nitrogens with zero attached hydrogens (tertiary/aromatic N) is 2. The highest BCUT2D eigenvalue weighted by Gasteiger charge is 2.11. The molecule has 0 aliphatic heterocycles. The van der Waals surface area contributed by atoms with Crippen molar-refractivity contribution in [1.82, 2.24) is 4.98 Å². The molecule has 0 radical (unpaired) electrons. The molecule has 0 atom stereocenters. The normalized spacial score (nSPS) is 9.47. The van der Waals surface area contributed by atoms with E-state index in [2.05, 4.69) is 4.98 Å². The van der Waals surface area contributed by atoms with Crippen LogP contribution in [0, 0.1) is 22.9 Å². The highest BCUT2D eigenvalue weighted by atomic mass is 19.1. The number of nitro groups is 1. The van der Waals surface area contributed by atoms with Gasteiger partial charge in [-0.1, -0.05) is 13.8 Å². The van der Waals surface area contributed by atoms with E-state index < -0.39 is 10.7 Å². The molecule has 0 saturated heterocycles. The van der Waals surface area contributed by atoms with E-state index in [0.717, 1.165) is 0 Å². The Morgan fingerprint density at radius 3 is 2.42 bits per heavy atom. The Morgan fingerprint density at radius 1 is 1.21 bits per heavy atom. The molecule has 0 N–H and O–H groups in total. The van der Waals surface area contributed by atoms with Gasteiger partial charge in [-0.25, -0.2) is 4.39 Å². The van der Waals surface area contributed by atoms with Crippen molar-refractivity contribution in [2.45, 2.75) is 20.8 Å². The average molecular weight is 262 g/mol. The van der Waals surface area contributed by atoms with Gasteiger partial charge < -0.3 is 0 Å². The van der Waals surface area contributed by atoms with E-state index in [0.29, 0.717) is 16.7 Å². The predicted molar refractivity (Wildman–Crippen MR) is 72.4 cm³/mol. The molecule has 100 valence electrons. The lowest BCUT2D eigenvalue weighted by Crippen LogP contribution is -1.92. The molecule has 19 heavy (non-hydrogen) atoms. The van der Waals surface area contributed by atoms with Crippen LogP contribution in [0.15, 0.2) is 36.7 Å². The molecule has 0 aliphatic carbocycles. The SMILES string of the molecule is CC.Cc1cc([N+](=O)[O-])ccc1-c1cnccc1F. The number of halogens is 1. The zero-order chi connectivity index (χ0) is 14.4. The maximum Gasteiger partial charge on any atom is 0.269 e. The Kier molecular flexibility index (Phi) is 5.11. The number of aromatic nitrogens is 1. The van der Waals surface area contributed by atoms with Crippen molar-refractivity contribution >= 4 is 5.69 Å². The number of hydrogen-bond donors (Lipinski definition) is 0. The second-order valence-corrected chi connectivity index (χ2v) is 3.61. The van der Waals surface area contributed by atoms with E-state index in [1.807, 2.05) is 13.8 Å². The number of benzene rings is 1. The van der Waals surface area contributed by atoms with Gasteiger partial charge in [0.25, 0.3) is 5.69 Å². The molecule has 0 fully saturated rings. The zero-order valence-electron chi connectivity index (χ0n) is 11.1. The molecule has 5 heteroatoms. The minimum absolute atomic E-state index is 0.00412. The summed E-state index contributed by atoms with van der Waals surface area (Å²) >= 11 is 0. The summed E-state index contributed by atoms with van der Waals surface area (Å²) in [5.74, 6) is -0.392. The fraction of sp³-hybridized carbons (Fsp3) is 0.214. The van der Waals surface area contributed by atoms with Crippen molar-refractivity contribution < 1.29 is 9.31 Å². The van der Waals surface area contributed by atoms with Crippen molar-refractivity contribution in [2.24, 2.45) is 0 Å². The number of non-ortho nitro benzene ring substituents is 1. The van der Waals surface area contributed by atoms with Crippen LogP contribution in [0.3, 0.4) is 0 Å². The van der Waals surface area contributed by atoms with Gasteiger partial charge in [-0.15, -0.1) is 0 Å². The number of nitro benzene ring substituents is 1. The van der Waals surface area contributed by atoms with E-state index in [-0.39, 0.29) is 5.69 Å². The Labute approximate surface area is 111 Å². The van der Waals surface area contributed by atoms with Crippen LogP contribution in [-0.4, -0.2) is 9.91 Å². The molecular formula is C14H15FN2O2. The summed E-state index contributed by atoms with van der Waals surface area (Å²) in [6.07, 6.45) is 2.77. The standard InChI is InChI=1S/C12H9FN2O2.C2H6/c1-8-6-9(15(16)17)2-3-10(8)11-7-14-5-4-12(11)13;1-2/h2-7H,1H3;1-2H3. The quantitative estimate of drug-likeness (QED) is 0.604. The molecule has 1 aromatic heterocycles. The van der Waals surface area contributed by atoms with Gasteiger partial charge in [-0.3, -0.25) is 15.1 Å². The summed E-state index contributed by atoms with van der Waals surface area (Å²) in [6.45, 7) is 5.70. The van der Waals surface area contributed by atoms with Crippen LogP contribution in [0.2, 0.25) is 0 Å². The van der Waals surface area contributed by atoms with Gasteiger partial charge in [-0.05, 0) is 30.2 Å². The number of aryl methyl sites for hydroxylation is 1. The second-order valence-electron chi connectivity index (χ2n) is 3.61. The zero-order valence-corrected chi connectivity index (χ0v) is 11.1. The lowest BCUT2D eigenvalue weighted by Gasteiger charge is -2.06. The molecule has 0 amide bonds. The monoisotopic (exact) mass is 262 g/mol. The highest BCUT2D eigenvalue weighted by molar-refractivity contribution is 5.68. The fourth-order valence-corrected chi connectivity index (χ4v) is 1.64. The molecule has 0 saturated carbocycles. The Bertz CT molecular complexity index is 585. The molecule has 1 aromatic carbocycles. The first-order chi connectivity index (χ1) is 9.09. The van der Waals surface area contributed by atoms with Crippen LogP contribution in [0.1, 0.15) is 19.4 Å². The van der Waals surface area contributed by atoms with Gasteiger partial charge in [0.15, 0.2) is 0 Å². The minimum Gasteiger partial charge on any atom is -0.264 e. The third kappa shape index (κ3) is 3.34. The largest absolute Gasteiger partial charge is 0.269 e. The maximum atomic E-state index is 13.5. The topological polar surface area (TPSA) is 56.0 Å². The Morgan fingerprint density at radius 2 is 1.89 bits per heavy atom. The van der Waals surface area contributed by atoms with Crippen LogP contribution in [0.4, 0.5) is 10.1 Å². The van der Waals surface area contributed by atoms with Crippen LogP contribution < -0.4 is 0 Å². The third-order valence-corrected chi connectivity index (χ3v) is 2.48. The second kappa shape index (κ2) is 6.58. The van der Waals surface area contributed by atoms with Gasteiger partial charge in [0.05, 0.1) is 4.92 Å². The van der Waals surface area contributed by atoms with Crippen LogP contribution in [0.5, 0.6) is 0 Å². The molecule has 0 unspecified atom stereocenters. The van der Waals surface area contributed by atoms with E-state index in [1.54, 1.807) is 6.92 Å². The average Bonchev–Trinajstić information content (AvgIpc) is 2.42. The highest BCUT2D eigenvalue weighted by Crippen LogP contribution is 2.27. The minimum atomic E-state index is -0.476. The molecule has 0 aliphatic rings. The summed E-state index contributed by atoms with van der Waals surface area (Å²) in [5.41, 5.74) is 1.60. The molecular weight excluding hydrogens is 247 g/mol. The van der Waals surface area contributed by atoms with E-state index >= 15 is 0 Å². The summed E-state index contributed by atoms with van der Waals surface area (Å²) in [4.78, 5) is 14.0. The van der Waals surface area contributed by atoms with Crippen LogP contribution in [-0.2, 0) is 0 Å². The van der Waals surface area contributed by atoms with Crippen LogP contribution >= 0.6 is 0 Å².